The second-order valence-corrected chi connectivity index (χ2v) is 6.20. The highest BCUT2D eigenvalue weighted by Gasteiger charge is 2.14. The first-order valence-electron chi connectivity index (χ1n) is 7.45. The minimum Gasteiger partial charge on any atom is -0.467 e. The minimum absolute atomic E-state index is 0.0885. The molecular weight excluding hydrogens is 262 g/mol. The molecule has 0 amide bonds. The molecule has 0 spiro atoms. The zero-order valence-corrected chi connectivity index (χ0v) is 13.4. The maximum atomic E-state index is 5.47. The highest BCUT2D eigenvalue weighted by atomic mass is 16.3. The molecule has 4 nitrogen and oxygen atoms in total. The van der Waals surface area contributed by atoms with Crippen molar-refractivity contribution in [1.29, 1.82) is 0 Å². The Morgan fingerprint density at radius 1 is 1.29 bits per heavy atom. The molecule has 0 bridgehead atoms. The molecule has 2 heterocycles. The third-order valence-electron chi connectivity index (χ3n) is 3.34. The Morgan fingerprint density at radius 3 is 2.71 bits per heavy atom. The number of aromatic nitrogens is 1. The predicted octanol–water partition coefficient (Wildman–Crippen LogP) is 3.59. The van der Waals surface area contributed by atoms with Gasteiger partial charge in [-0.15, -0.1) is 0 Å². The number of hydrogen-bond acceptors (Lipinski definition) is 4. The van der Waals surface area contributed by atoms with E-state index in [2.05, 4.69) is 49.0 Å². The van der Waals surface area contributed by atoms with E-state index in [4.69, 9.17) is 4.42 Å². The average molecular weight is 287 g/mol. The average Bonchev–Trinajstić information content (AvgIpc) is 2.95. The fourth-order valence-corrected chi connectivity index (χ4v) is 2.18. The Bertz CT molecular complexity index is 543. The Hall–Kier alpha value is -1.81. The summed E-state index contributed by atoms with van der Waals surface area (Å²) in [5.74, 6) is 0.975. The first-order chi connectivity index (χ1) is 9.99. The zero-order chi connectivity index (χ0) is 15.3. The largest absolute Gasteiger partial charge is 0.467 e. The standard InChI is InChI=1S/C17H25N3O/c1-5-20(13-15-7-6-10-21-15)16-8-9-18-11-14(16)12-19-17(2,3)4/h6-11,19H,5,12-13H2,1-4H3. The molecule has 2 aromatic rings. The molecule has 21 heavy (non-hydrogen) atoms. The van der Waals surface area contributed by atoms with E-state index in [0.717, 1.165) is 25.4 Å². The van der Waals surface area contributed by atoms with Gasteiger partial charge >= 0.3 is 0 Å². The van der Waals surface area contributed by atoms with Crippen LogP contribution in [0.25, 0.3) is 0 Å². The molecule has 0 aliphatic rings. The van der Waals surface area contributed by atoms with Crippen molar-refractivity contribution in [3.8, 4) is 0 Å². The van der Waals surface area contributed by atoms with E-state index in [1.165, 1.54) is 11.3 Å². The summed E-state index contributed by atoms with van der Waals surface area (Å²) in [6.45, 7) is 11.2. The van der Waals surface area contributed by atoms with Gasteiger partial charge in [-0.1, -0.05) is 0 Å². The van der Waals surface area contributed by atoms with Crippen LogP contribution in [0.3, 0.4) is 0 Å². The van der Waals surface area contributed by atoms with Gasteiger partial charge in [-0.25, -0.2) is 0 Å². The van der Waals surface area contributed by atoms with Crippen LogP contribution in [0.4, 0.5) is 5.69 Å². The SMILES string of the molecule is CCN(Cc1ccco1)c1ccncc1CNC(C)(C)C. The van der Waals surface area contributed by atoms with E-state index in [1.807, 2.05) is 24.5 Å². The van der Waals surface area contributed by atoms with Crippen molar-refractivity contribution in [2.75, 3.05) is 11.4 Å². The molecule has 0 radical (unpaired) electrons. The highest BCUT2D eigenvalue weighted by Crippen LogP contribution is 2.22. The Kier molecular flexibility index (Phi) is 5.02. The molecule has 114 valence electrons. The lowest BCUT2D eigenvalue weighted by molar-refractivity contribution is 0.423. The summed E-state index contributed by atoms with van der Waals surface area (Å²) in [6.07, 6.45) is 5.51. The normalized spacial score (nSPS) is 11.6. The van der Waals surface area contributed by atoms with Gasteiger partial charge in [0.2, 0.25) is 0 Å². The third-order valence-corrected chi connectivity index (χ3v) is 3.34. The van der Waals surface area contributed by atoms with Crippen LogP contribution in [0.15, 0.2) is 41.3 Å². The summed E-state index contributed by atoms with van der Waals surface area (Å²) in [5, 5.41) is 3.53. The predicted molar refractivity (Wildman–Crippen MR) is 86.3 cm³/mol. The molecule has 0 fully saturated rings. The summed E-state index contributed by atoms with van der Waals surface area (Å²) in [5.41, 5.74) is 2.51. The van der Waals surface area contributed by atoms with Crippen LogP contribution in [-0.2, 0) is 13.1 Å². The maximum absolute atomic E-state index is 5.47. The van der Waals surface area contributed by atoms with E-state index >= 15 is 0 Å². The van der Waals surface area contributed by atoms with E-state index < -0.39 is 0 Å². The second-order valence-electron chi connectivity index (χ2n) is 6.20. The van der Waals surface area contributed by atoms with Gasteiger partial charge in [-0.05, 0) is 45.9 Å². The molecular formula is C17H25N3O. The van der Waals surface area contributed by atoms with Crippen LogP contribution in [0, 0.1) is 0 Å². The lowest BCUT2D eigenvalue weighted by atomic mass is 10.1. The summed E-state index contributed by atoms with van der Waals surface area (Å²) >= 11 is 0. The van der Waals surface area contributed by atoms with Crippen LogP contribution in [0.5, 0.6) is 0 Å². The molecule has 0 aliphatic carbocycles. The zero-order valence-electron chi connectivity index (χ0n) is 13.4. The van der Waals surface area contributed by atoms with Crippen molar-refractivity contribution >= 4 is 5.69 Å². The topological polar surface area (TPSA) is 41.3 Å². The van der Waals surface area contributed by atoms with E-state index in [9.17, 15) is 0 Å². The molecule has 2 aromatic heterocycles. The number of hydrogen-bond donors (Lipinski definition) is 1. The van der Waals surface area contributed by atoms with E-state index in [-0.39, 0.29) is 5.54 Å². The van der Waals surface area contributed by atoms with Gasteiger partial charge in [0.15, 0.2) is 0 Å². The fraction of sp³-hybridized carbons (Fsp3) is 0.471. The van der Waals surface area contributed by atoms with Crippen LogP contribution in [-0.4, -0.2) is 17.1 Å². The third kappa shape index (κ3) is 4.60. The van der Waals surface area contributed by atoms with Crippen LogP contribution in [0.2, 0.25) is 0 Å². The van der Waals surface area contributed by atoms with Gasteiger partial charge in [0, 0.05) is 42.3 Å². The van der Waals surface area contributed by atoms with Gasteiger partial charge in [-0.3, -0.25) is 4.98 Å². The molecule has 0 atom stereocenters. The molecule has 4 heteroatoms. The number of furan rings is 1. The van der Waals surface area contributed by atoms with Gasteiger partial charge in [0.25, 0.3) is 0 Å². The Morgan fingerprint density at radius 2 is 2.10 bits per heavy atom. The van der Waals surface area contributed by atoms with Crippen LogP contribution < -0.4 is 10.2 Å². The molecule has 0 saturated heterocycles. The summed E-state index contributed by atoms with van der Waals surface area (Å²) in [7, 11) is 0. The van der Waals surface area contributed by atoms with Crippen molar-refractivity contribution in [3.05, 3.63) is 48.2 Å². The Balaban J connectivity index is 2.16. The van der Waals surface area contributed by atoms with Crippen molar-refractivity contribution < 1.29 is 4.42 Å². The second kappa shape index (κ2) is 6.76. The molecule has 1 N–H and O–H groups in total. The van der Waals surface area contributed by atoms with Gasteiger partial charge < -0.3 is 14.6 Å². The summed E-state index contributed by atoms with van der Waals surface area (Å²) in [4.78, 5) is 6.58. The fourth-order valence-electron chi connectivity index (χ4n) is 2.18. The molecule has 0 unspecified atom stereocenters. The van der Waals surface area contributed by atoms with E-state index in [0.29, 0.717) is 0 Å². The van der Waals surface area contributed by atoms with Crippen molar-refractivity contribution in [2.24, 2.45) is 0 Å². The lowest BCUT2D eigenvalue weighted by Crippen LogP contribution is -2.35. The minimum atomic E-state index is 0.0885. The number of rotatable bonds is 6. The molecule has 0 aliphatic heterocycles. The lowest BCUT2D eigenvalue weighted by Gasteiger charge is -2.26. The van der Waals surface area contributed by atoms with Crippen molar-refractivity contribution in [2.45, 2.75) is 46.3 Å². The van der Waals surface area contributed by atoms with Crippen molar-refractivity contribution in [1.82, 2.24) is 10.3 Å². The molecule has 2 rings (SSSR count). The smallest absolute Gasteiger partial charge is 0.123 e. The van der Waals surface area contributed by atoms with Gasteiger partial charge in [0.05, 0.1) is 12.8 Å². The first-order valence-corrected chi connectivity index (χ1v) is 7.45. The maximum Gasteiger partial charge on any atom is 0.123 e. The number of nitrogens with zero attached hydrogens (tertiary/aromatic N) is 2. The first kappa shape index (κ1) is 15.6. The number of pyridine rings is 1. The molecule has 0 saturated carbocycles. The highest BCUT2D eigenvalue weighted by molar-refractivity contribution is 5.52. The van der Waals surface area contributed by atoms with Gasteiger partial charge in [0.1, 0.15) is 5.76 Å². The van der Waals surface area contributed by atoms with Crippen LogP contribution >= 0.6 is 0 Å². The van der Waals surface area contributed by atoms with Gasteiger partial charge in [-0.2, -0.15) is 0 Å². The monoisotopic (exact) mass is 287 g/mol. The summed E-state index contributed by atoms with van der Waals surface area (Å²) in [6, 6.07) is 6.01. The summed E-state index contributed by atoms with van der Waals surface area (Å²) < 4.78 is 5.47. The number of anilines is 1. The molecule has 0 aromatic carbocycles. The Labute approximate surface area is 127 Å². The van der Waals surface area contributed by atoms with Crippen LogP contribution in [0.1, 0.15) is 39.0 Å². The van der Waals surface area contributed by atoms with Crippen molar-refractivity contribution in [3.63, 3.8) is 0 Å². The quantitative estimate of drug-likeness (QED) is 0.881. The number of nitrogens with one attached hydrogen (secondary N) is 1. The van der Waals surface area contributed by atoms with E-state index in [1.54, 1.807) is 6.26 Å².